The minimum atomic E-state index is -0.702. The van der Waals surface area contributed by atoms with Gasteiger partial charge in [-0.15, -0.1) is 0 Å². The van der Waals surface area contributed by atoms with E-state index in [-0.39, 0.29) is 35.7 Å². The number of nitrogens with one attached hydrogen (secondary N) is 3. The first kappa shape index (κ1) is 21.9. The van der Waals surface area contributed by atoms with Crippen LogP contribution in [0.4, 0.5) is 0 Å². The van der Waals surface area contributed by atoms with Crippen molar-refractivity contribution in [2.75, 3.05) is 0 Å². The second kappa shape index (κ2) is 8.26. The van der Waals surface area contributed by atoms with Gasteiger partial charge < -0.3 is 20.5 Å². The monoisotopic (exact) mass is 470 g/mol. The summed E-state index contributed by atoms with van der Waals surface area (Å²) in [5.74, 6) is -0.570. The van der Waals surface area contributed by atoms with Crippen LogP contribution in [-0.2, 0) is 16.0 Å². The zero-order valence-electron chi connectivity index (χ0n) is 20.0. The Morgan fingerprint density at radius 3 is 2.63 bits per heavy atom. The molecule has 7 heteroatoms. The highest BCUT2D eigenvalue weighted by molar-refractivity contribution is 6.04. The lowest BCUT2D eigenvalue weighted by atomic mass is 9.89. The van der Waals surface area contributed by atoms with Crippen LogP contribution in [0.5, 0.6) is 0 Å². The van der Waals surface area contributed by atoms with Crippen LogP contribution in [-0.4, -0.2) is 45.7 Å². The Morgan fingerprint density at radius 2 is 1.86 bits per heavy atom. The van der Waals surface area contributed by atoms with E-state index < -0.39 is 12.1 Å². The molecule has 3 aliphatic rings. The van der Waals surface area contributed by atoms with Gasteiger partial charge in [-0.1, -0.05) is 56.7 Å². The van der Waals surface area contributed by atoms with Gasteiger partial charge in [0.1, 0.15) is 12.1 Å². The Morgan fingerprint density at radius 1 is 1.11 bits per heavy atom. The van der Waals surface area contributed by atoms with Gasteiger partial charge in [0.2, 0.25) is 11.8 Å². The zero-order chi connectivity index (χ0) is 24.3. The molecule has 1 aliphatic carbocycles. The van der Waals surface area contributed by atoms with E-state index in [0.717, 1.165) is 47.0 Å². The Labute approximate surface area is 204 Å². The van der Waals surface area contributed by atoms with Crippen molar-refractivity contribution in [3.63, 3.8) is 0 Å². The number of fused-ring (bicyclic) bond motifs is 7. The molecule has 0 bridgehead atoms. The summed E-state index contributed by atoms with van der Waals surface area (Å²) in [6.45, 7) is 4.00. The smallest absolute Gasteiger partial charge is 0.255 e. The average Bonchev–Trinajstić information content (AvgIpc) is 3.54. The molecule has 3 aromatic rings. The third-order valence-electron chi connectivity index (χ3n) is 7.87. The minimum absolute atomic E-state index is 0.0211. The third kappa shape index (κ3) is 3.52. The molecule has 0 saturated heterocycles. The van der Waals surface area contributed by atoms with Crippen LogP contribution >= 0.6 is 0 Å². The molecule has 4 atom stereocenters. The molecule has 6 rings (SSSR count). The van der Waals surface area contributed by atoms with Crippen molar-refractivity contribution in [2.45, 2.75) is 63.7 Å². The summed E-state index contributed by atoms with van der Waals surface area (Å²) >= 11 is 0. The molecule has 7 nitrogen and oxygen atoms in total. The Balaban J connectivity index is 1.39. The molecule has 3 heterocycles. The van der Waals surface area contributed by atoms with E-state index in [1.165, 1.54) is 0 Å². The van der Waals surface area contributed by atoms with Gasteiger partial charge in [-0.25, -0.2) is 0 Å². The lowest BCUT2D eigenvalue weighted by molar-refractivity contribution is -0.133. The van der Waals surface area contributed by atoms with Crippen molar-refractivity contribution in [1.82, 2.24) is 20.5 Å². The van der Waals surface area contributed by atoms with Crippen molar-refractivity contribution < 1.29 is 14.4 Å². The number of carbonyl (C=O) groups is 3. The molecule has 1 fully saturated rings. The number of hydrogen-bond acceptors (Lipinski definition) is 3. The fraction of sp³-hybridized carbons (Fsp3) is 0.393. The quantitative estimate of drug-likeness (QED) is 0.515. The van der Waals surface area contributed by atoms with Crippen molar-refractivity contribution in [3.05, 3.63) is 70.9 Å². The van der Waals surface area contributed by atoms with Crippen molar-refractivity contribution in [3.8, 4) is 0 Å². The van der Waals surface area contributed by atoms with E-state index in [4.69, 9.17) is 0 Å². The van der Waals surface area contributed by atoms with E-state index in [0.29, 0.717) is 12.0 Å². The molecular formula is C28H30N4O3. The van der Waals surface area contributed by atoms with Gasteiger partial charge in [-0.3, -0.25) is 14.4 Å². The highest BCUT2D eigenvalue weighted by Crippen LogP contribution is 2.46. The van der Waals surface area contributed by atoms with Gasteiger partial charge in [-0.2, -0.15) is 0 Å². The van der Waals surface area contributed by atoms with E-state index in [1.807, 2.05) is 56.3 Å². The fourth-order valence-corrected chi connectivity index (χ4v) is 5.61. The summed E-state index contributed by atoms with van der Waals surface area (Å²) in [6, 6.07) is 14.2. The first-order chi connectivity index (χ1) is 17.0. The standard InChI is InChI=1S/C28H30N4O3/c1-3-15(2)23(27(34)29-16-12-13-16)31-26(33)22-14-20-17-8-6-7-11-21(17)30-24(20)25-18-9-4-5-10-19(18)28(35)32(22)25/h4-11,15-16,22-23,25,30H,3,12-14H2,1-2H3,(H,29,34)(H,31,33). The summed E-state index contributed by atoms with van der Waals surface area (Å²) in [6.07, 6.45) is 3.14. The average molecular weight is 471 g/mol. The Bertz CT molecular complexity index is 1340. The van der Waals surface area contributed by atoms with Crippen LogP contribution in [0, 0.1) is 5.92 Å². The largest absolute Gasteiger partial charge is 0.356 e. The number of benzene rings is 2. The number of H-pyrrole nitrogens is 1. The first-order valence-electron chi connectivity index (χ1n) is 12.6. The Kier molecular flexibility index (Phi) is 5.16. The molecule has 0 radical (unpaired) electrons. The summed E-state index contributed by atoms with van der Waals surface area (Å²) in [5.41, 5.74) is 4.57. The van der Waals surface area contributed by atoms with Crippen molar-refractivity contribution in [2.24, 2.45) is 5.92 Å². The van der Waals surface area contributed by atoms with Gasteiger partial charge in [0.15, 0.2) is 0 Å². The van der Waals surface area contributed by atoms with Crippen molar-refractivity contribution in [1.29, 1.82) is 0 Å². The molecule has 1 saturated carbocycles. The number of aromatic amines is 1. The van der Waals surface area contributed by atoms with Gasteiger partial charge in [-0.05, 0) is 42.0 Å². The highest BCUT2D eigenvalue weighted by Gasteiger charge is 2.49. The molecule has 35 heavy (non-hydrogen) atoms. The number of amides is 3. The lowest BCUT2D eigenvalue weighted by Gasteiger charge is -2.38. The number of aromatic nitrogens is 1. The van der Waals surface area contributed by atoms with Crippen LogP contribution < -0.4 is 10.6 Å². The highest BCUT2D eigenvalue weighted by atomic mass is 16.2. The molecule has 3 amide bonds. The van der Waals surface area contributed by atoms with Gasteiger partial charge in [0, 0.05) is 34.6 Å². The number of nitrogens with zero attached hydrogens (tertiary/aromatic N) is 1. The second-order valence-corrected chi connectivity index (χ2v) is 10.1. The minimum Gasteiger partial charge on any atom is -0.356 e. The molecule has 180 valence electrons. The maximum absolute atomic E-state index is 13.8. The van der Waals surface area contributed by atoms with E-state index >= 15 is 0 Å². The van der Waals surface area contributed by atoms with Gasteiger partial charge in [0.25, 0.3) is 5.91 Å². The van der Waals surface area contributed by atoms with Gasteiger partial charge >= 0.3 is 0 Å². The van der Waals surface area contributed by atoms with Crippen LogP contribution in [0.2, 0.25) is 0 Å². The van der Waals surface area contributed by atoms with Crippen LogP contribution in [0.3, 0.4) is 0 Å². The summed E-state index contributed by atoms with van der Waals surface area (Å²) in [4.78, 5) is 45.7. The molecule has 3 N–H and O–H groups in total. The van der Waals surface area contributed by atoms with E-state index in [9.17, 15) is 14.4 Å². The molecule has 1 aromatic heterocycles. The van der Waals surface area contributed by atoms with E-state index in [2.05, 4.69) is 21.7 Å². The third-order valence-corrected chi connectivity index (χ3v) is 7.87. The number of para-hydroxylation sites is 1. The topological polar surface area (TPSA) is 94.3 Å². The summed E-state index contributed by atoms with van der Waals surface area (Å²) in [5, 5.41) is 7.16. The fourth-order valence-electron chi connectivity index (χ4n) is 5.61. The number of hydrogen-bond donors (Lipinski definition) is 3. The summed E-state index contributed by atoms with van der Waals surface area (Å²) < 4.78 is 0. The molecule has 2 aromatic carbocycles. The molecule has 4 unspecified atom stereocenters. The lowest BCUT2D eigenvalue weighted by Crippen LogP contribution is -2.58. The molecule has 0 spiro atoms. The van der Waals surface area contributed by atoms with Gasteiger partial charge in [0.05, 0.1) is 6.04 Å². The molecule has 2 aliphatic heterocycles. The normalized spacial score (nSPS) is 22.2. The predicted octanol–water partition coefficient (Wildman–Crippen LogP) is 3.45. The first-order valence-corrected chi connectivity index (χ1v) is 12.6. The summed E-state index contributed by atoms with van der Waals surface area (Å²) in [7, 11) is 0. The second-order valence-electron chi connectivity index (χ2n) is 10.1. The number of carbonyl (C=O) groups excluding carboxylic acids is 3. The Hall–Kier alpha value is -3.61. The van der Waals surface area contributed by atoms with Crippen LogP contribution in [0.1, 0.15) is 66.3 Å². The van der Waals surface area contributed by atoms with Crippen LogP contribution in [0.15, 0.2) is 48.5 Å². The maximum atomic E-state index is 13.8. The van der Waals surface area contributed by atoms with Crippen LogP contribution in [0.25, 0.3) is 10.9 Å². The maximum Gasteiger partial charge on any atom is 0.255 e. The molecular weight excluding hydrogens is 440 g/mol. The van der Waals surface area contributed by atoms with Crippen molar-refractivity contribution >= 4 is 28.6 Å². The zero-order valence-corrected chi connectivity index (χ0v) is 20.0. The SMILES string of the molecule is CCC(C)C(NC(=O)C1Cc2c([nH]c3ccccc23)C2c3ccccc3C(=O)N12)C(=O)NC1CC1. The number of rotatable bonds is 6. The van der Waals surface area contributed by atoms with E-state index in [1.54, 1.807) is 4.90 Å². The predicted molar refractivity (Wildman–Crippen MR) is 133 cm³/mol.